The Kier molecular flexibility index (Phi) is 4.74. The third-order valence-electron chi connectivity index (χ3n) is 2.84. The van der Waals surface area contributed by atoms with Crippen molar-refractivity contribution in [1.29, 1.82) is 0 Å². The highest BCUT2D eigenvalue weighted by Crippen LogP contribution is 2.45. The van der Waals surface area contributed by atoms with Gasteiger partial charge in [0.15, 0.2) is 0 Å². The van der Waals surface area contributed by atoms with E-state index in [9.17, 15) is 31.1 Å². The summed E-state index contributed by atoms with van der Waals surface area (Å²) < 4.78 is 77.3. The molecule has 0 aliphatic carbocycles. The fourth-order valence-electron chi connectivity index (χ4n) is 1.80. The molecule has 0 aliphatic heterocycles. The second-order valence-corrected chi connectivity index (χ2v) is 6.51. The van der Waals surface area contributed by atoms with Crippen molar-refractivity contribution >= 4 is 45.6 Å². The molecule has 0 radical (unpaired) electrons. The van der Waals surface area contributed by atoms with Crippen LogP contribution in [-0.2, 0) is 12.4 Å². The maximum atomic E-state index is 13.2. The van der Waals surface area contributed by atoms with Gasteiger partial charge in [-0.3, -0.25) is 0 Å². The fourth-order valence-corrected chi connectivity index (χ4v) is 3.66. The molecule has 0 aliphatic rings. The lowest BCUT2D eigenvalue weighted by Crippen LogP contribution is -2.14. The summed E-state index contributed by atoms with van der Waals surface area (Å²) in [5.74, 6) is -1.68. The Bertz CT molecular complexity index is 815. The average molecular weight is 482 g/mol. The Morgan fingerprint density at radius 2 is 1.79 bits per heavy atom. The van der Waals surface area contributed by atoms with E-state index >= 15 is 0 Å². The van der Waals surface area contributed by atoms with Gasteiger partial charge in [-0.25, -0.2) is 9.78 Å². The van der Waals surface area contributed by atoms with Gasteiger partial charge < -0.3 is 10.8 Å². The van der Waals surface area contributed by atoms with Crippen molar-refractivity contribution < 1.29 is 36.2 Å². The van der Waals surface area contributed by atoms with Gasteiger partial charge in [0.2, 0.25) is 0 Å². The summed E-state index contributed by atoms with van der Waals surface area (Å²) in [6, 6.07) is 0.295. The maximum Gasteiger partial charge on any atom is 0.427 e. The standard InChI is InChI=1S/C12H5F6IN2O2S/c13-11(14,15)4-1-3(10(22)23)8(20)7(19)6(4)9-21-2-5(24-9)12(16,17)18/h1-2H,20H2,(H,22,23). The van der Waals surface area contributed by atoms with E-state index in [0.717, 1.165) is 0 Å². The first-order valence-corrected chi connectivity index (χ1v) is 7.69. The lowest BCUT2D eigenvalue weighted by Gasteiger charge is -2.16. The van der Waals surface area contributed by atoms with Crippen molar-refractivity contribution in [2.75, 3.05) is 5.73 Å². The van der Waals surface area contributed by atoms with E-state index in [-0.39, 0.29) is 14.9 Å². The SMILES string of the molecule is Nc1c(C(=O)O)cc(C(F)(F)F)c(-c2ncc(C(F)(F)F)s2)c1I. The number of aromatic nitrogens is 1. The molecule has 0 amide bonds. The van der Waals surface area contributed by atoms with Crippen molar-refractivity contribution in [3.05, 3.63) is 31.8 Å². The van der Waals surface area contributed by atoms with Gasteiger partial charge in [-0.2, -0.15) is 26.3 Å². The number of anilines is 1. The average Bonchev–Trinajstić information content (AvgIpc) is 2.89. The van der Waals surface area contributed by atoms with Crippen LogP contribution in [0.25, 0.3) is 10.6 Å². The number of nitrogens with zero attached hydrogens (tertiary/aromatic N) is 1. The number of hydrogen-bond donors (Lipinski definition) is 2. The van der Waals surface area contributed by atoms with Crippen molar-refractivity contribution in [3.63, 3.8) is 0 Å². The number of nitrogens with two attached hydrogens (primary N) is 1. The van der Waals surface area contributed by atoms with Gasteiger partial charge in [0, 0.05) is 9.13 Å². The number of carboxylic acid groups (broad SMARTS) is 1. The molecular weight excluding hydrogens is 477 g/mol. The van der Waals surface area contributed by atoms with Gasteiger partial charge >= 0.3 is 18.3 Å². The van der Waals surface area contributed by atoms with E-state index < -0.39 is 50.6 Å². The molecule has 0 spiro atoms. The number of benzene rings is 1. The highest BCUT2D eigenvalue weighted by molar-refractivity contribution is 14.1. The van der Waals surface area contributed by atoms with E-state index in [4.69, 9.17) is 10.8 Å². The molecule has 0 fully saturated rings. The second kappa shape index (κ2) is 6.06. The van der Waals surface area contributed by atoms with Gasteiger partial charge in [-0.15, -0.1) is 11.3 Å². The Balaban J connectivity index is 2.80. The third kappa shape index (κ3) is 3.43. The molecule has 130 valence electrons. The first-order chi connectivity index (χ1) is 10.8. The van der Waals surface area contributed by atoms with Crippen LogP contribution in [0.3, 0.4) is 0 Å². The molecule has 2 aromatic rings. The number of thiazole rings is 1. The number of carboxylic acids is 1. The molecule has 1 heterocycles. The highest BCUT2D eigenvalue weighted by Gasteiger charge is 2.39. The number of hydrogen-bond acceptors (Lipinski definition) is 4. The minimum absolute atomic E-state index is 0.0164. The number of rotatable bonds is 2. The first-order valence-electron chi connectivity index (χ1n) is 5.80. The zero-order chi connectivity index (χ0) is 18.4. The highest BCUT2D eigenvalue weighted by atomic mass is 127. The molecule has 24 heavy (non-hydrogen) atoms. The normalized spacial score (nSPS) is 12.5. The molecule has 0 bridgehead atoms. The van der Waals surface area contributed by atoms with E-state index in [1.54, 1.807) is 0 Å². The van der Waals surface area contributed by atoms with Crippen LogP contribution >= 0.6 is 33.9 Å². The smallest absolute Gasteiger partial charge is 0.427 e. The van der Waals surface area contributed by atoms with Gasteiger partial charge in [0.05, 0.1) is 23.0 Å². The second-order valence-electron chi connectivity index (χ2n) is 4.40. The Labute approximate surface area is 147 Å². The fraction of sp³-hybridized carbons (Fsp3) is 0.167. The van der Waals surface area contributed by atoms with Crippen LogP contribution in [0.4, 0.5) is 32.0 Å². The Hall–Kier alpha value is -1.57. The van der Waals surface area contributed by atoms with Crippen LogP contribution in [0.1, 0.15) is 20.8 Å². The largest absolute Gasteiger partial charge is 0.478 e. The lowest BCUT2D eigenvalue weighted by molar-refractivity contribution is -0.137. The van der Waals surface area contributed by atoms with E-state index in [1.807, 2.05) is 0 Å². The number of carbonyl (C=O) groups is 1. The molecular formula is C12H5F6IN2O2S. The lowest BCUT2D eigenvalue weighted by atomic mass is 10.0. The van der Waals surface area contributed by atoms with Crippen LogP contribution in [0.2, 0.25) is 0 Å². The molecule has 0 saturated carbocycles. The van der Waals surface area contributed by atoms with Crippen LogP contribution in [0.5, 0.6) is 0 Å². The molecule has 0 saturated heterocycles. The van der Waals surface area contributed by atoms with Gasteiger partial charge in [-0.1, -0.05) is 0 Å². The Morgan fingerprint density at radius 1 is 1.21 bits per heavy atom. The summed E-state index contributed by atoms with van der Waals surface area (Å²) in [5.41, 5.74) is 2.17. The summed E-state index contributed by atoms with van der Waals surface area (Å²) in [5, 5.41) is 8.39. The molecule has 0 atom stereocenters. The minimum Gasteiger partial charge on any atom is -0.478 e. The molecule has 1 aromatic heterocycles. The molecule has 2 rings (SSSR count). The van der Waals surface area contributed by atoms with Gasteiger partial charge in [0.1, 0.15) is 9.88 Å². The van der Waals surface area contributed by atoms with Crippen LogP contribution in [0, 0.1) is 3.57 Å². The van der Waals surface area contributed by atoms with Gasteiger partial charge in [-0.05, 0) is 28.7 Å². The quantitative estimate of drug-likeness (QED) is 0.369. The number of alkyl halides is 6. The van der Waals surface area contributed by atoms with E-state index in [1.165, 1.54) is 22.6 Å². The Morgan fingerprint density at radius 3 is 2.21 bits per heavy atom. The van der Waals surface area contributed by atoms with E-state index in [0.29, 0.717) is 12.3 Å². The molecule has 4 nitrogen and oxygen atoms in total. The number of aromatic carboxylic acids is 1. The van der Waals surface area contributed by atoms with Crippen molar-refractivity contribution in [1.82, 2.24) is 4.98 Å². The predicted molar refractivity (Wildman–Crippen MR) is 81.6 cm³/mol. The zero-order valence-electron chi connectivity index (χ0n) is 11.1. The van der Waals surface area contributed by atoms with Crippen LogP contribution < -0.4 is 5.73 Å². The van der Waals surface area contributed by atoms with Crippen molar-refractivity contribution in [2.24, 2.45) is 0 Å². The minimum atomic E-state index is -5.00. The summed E-state index contributed by atoms with van der Waals surface area (Å²) in [4.78, 5) is 13.2. The summed E-state index contributed by atoms with van der Waals surface area (Å²) in [7, 11) is 0. The summed E-state index contributed by atoms with van der Waals surface area (Å²) >= 11 is 1.38. The summed E-state index contributed by atoms with van der Waals surface area (Å²) in [6.45, 7) is 0. The monoisotopic (exact) mass is 482 g/mol. The molecule has 0 unspecified atom stereocenters. The predicted octanol–water partition coefficient (Wildman–Crippen LogP) is 4.73. The van der Waals surface area contributed by atoms with Crippen molar-refractivity contribution in [3.8, 4) is 10.6 Å². The van der Waals surface area contributed by atoms with Crippen LogP contribution in [-0.4, -0.2) is 16.1 Å². The topological polar surface area (TPSA) is 76.2 Å². The molecule has 3 N–H and O–H groups in total. The maximum absolute atomic E-state index is 13.2. The zero-order valence-corrected chi connectivity index (χ0v) is 14.1. The molecule has 1 aromatic carbocycles. The van der Waals surface area contributed by atoms with Crippen molar-refractivity contribution in [2.45, 2.75) is 12.4 Å². The first kappa shape index (κ1) is 18.8. The van der Waals surface area contributed by atoms with Gasteiger partial charge in [0.25, 0.3) is 0 Å². The molecule has 12 heteroatoms. The van der Waals surface area contributed by atoms with Crippen LogP contribution in [0.15, 0.2) is 12.3 Å². The third-order valence-corrected chi connectivity index (χ3v) is 5.02. The van der Waals surface area contributed by atoms with E-state index in [2.05, 4.69) is 4.98 Å². The number of nitrogen functional groups attached to an aromatic ring is 1. The number of halogens is 7. The summed E-state index contributed by atoms with van der Waals surface area (Å²) in [6.07, 6.45) is -9.35.